The molecule has 0 radical (unpaired) electrons. The van der Waals surface area contributed by atoms with Gasteiger partial charge in [0.25, 0.3) is 0 Å². The summed E-state index contributed by atoms with van der Waals surface area (Å²) >= 11 is 0. The van der Waals surface area contributed by atoms with Crippen molar-refractivity contribution in [3.63, 3.8) is 0 Å². The predicted molar refractivity (Wildman–Crippen MR) is 85.1 cm³/mol. The topological polar surface area (TPSA) is 29.5 Å². The van der Waals surface area contributed by atoms with Gasteiger partial charge in [-0.2, -0.15) is 0 Å². The fourth-order valence-electron chi connectivity index (χ4n) is 2.13. The molecule has 0 aliphatic rings. The number of benzene rings is 1. The van der Waals surface area contributed by atoms with Crippen LogP contribution in [-0.2, 0) is 16.6 Å². The van der Waals surface area contributed by atoms with Gasteiger partial charge in [-0.15, -0.1) is 0 Å². The van der Waals surface area contributed by atoms with E-state index < -0.39 is 0 Å². The van der Waals surface area contributed by atoms with Crippen molar-refractivity contribution in [3.05, 3.63) is 35.4 Å². The zero-order chi connectivity index (χ0) is 15.2. The van der Waals surface area contributed by atoms with Gasteiger partial charge < -0.3 is 9.84 Å². The third-order valence-electron chi connectivity index (χ3n) is 3.52. The van der Waals surface area contributed by atoms with Gasteiger partial charge in [0.05, 0.1) is 6.61 Å². The lowest BCUT2D eigenvalue weighted by molar-refractivity contribution is 0.0609. The Morgan fingerprint density at radius 1 is 1.00 bits per heavy atom. The van der Waals surface area contributed by atoms with Crippen molar-refractivity contribution in [2.24, 2.45) is 11.8 Å². The Morgan fingerprint density at radius 3 is 2.05 bits per heavy atom. The molecule has 1 aromatic carbocycles. The van der Waals surface area contributed by atoms with E-state index in [4.69, 9.17) is 9.84 Å². The van der Waals surface area contributed by atoms with Gasteiger partial charge in [-0.25, -0.2) is 0 Å². The van der Waals surface area contributed by atoms with Crippen LogP contribution >= 0.6 is 0 Å². The summed E-state index contributed by atoms with van der Waals surface area (Å²) in [5.74, 6) is 0.731. The molecule has 0 saturated heterocycles. The Labute approximate surface area is 124 Å². The quantitative estimate of drug-likeness (QED) is 0.822. The minimum Gasteiger partial charge on any atom is -0.396 e. The van der Waals surface area contributed by atoms with E-state index in [1.54, 1.807) is 0 Å². The second-order valence-electron chi connectivity index (χ2n) is 7.08. The number of ether oxygens (including phenoxy) is 1. The van der Waals surface area contributed by atoms with Gasteiger partial charge in [-0.1, -0.05) is 58.9 Å². The third kappa shape index (κ3) is 6.06. The van der Waals surface area contributed by atoms with Crippen LogP contribution in [0.15, 0.2) is 24.3 Å². The first kappa shape index (κ1) is 17.2. The zero-order valence-electron chi connectivity index (χ0n) is 13.6. The van der Waals surface area contributed by atoms with Crippen LogP contribution in [0.2, 0.25) is 0 Å². The van der Waals surface area contributed by atoms with Crippen LogP contribution in [0.25, 0.3) is 0 Å². The summed E-state index contributed by atoms with van der Waals surface area (Å²) in [7, 11) is 0. The van der Waals surface area contributed by atoms with E-state index in [0.29, 0.717) is 12.5 Å². The van der Waals surface area contributed by atoms with Crippen molar-refractivity contribution < 1.29 is 9.84 Å². The summed E-state index contributed by atoms with van der Waals surface area (Å²) in [5, 5.41) is 8.95. The molecule has 1 N–H and O–H groups in total. The number of rotatable bonds is 7. The standard InChI is InChI=1S/C18H30O2/c1-14(12-20-13-15(2)11-19)10-16-6-8-17(9-7-16)18(3,4)5/h6-9,14-15,19H,10-13H2,1-5H3. The molecule has 114 valence electrons. The average Bonchev–Trinajstić information content (AvgIpc) is 2.38. The molecule has 0 fully saturated rings. The first-order valence-corrected chi connectivity index (χ1v) is 7.61. The van der Waals surface area contributed by atoms with Crippen LogP contribution in [0.5, 0.6) is 0 Å². The van der Waals surface area contributed by atoms with Crippen LogP contribution in [0, 0.1) is 11.8 Å². The Balaban J connectivity index is 2.40. The fraction of sp³-hybridized carbons (Fsp3) is 0.667. The molecule has 2 heteroatoms. The molecular formula is C18H30O2. The lowest BCUT2D eigenvalue weighted by Gasteiger charge is -2.20. The first-order chi connectivity index (χ1) is 9.32. The molecule has 0 heterocycles. The number of aliphatic hydroxyl groups is 1. The molecule has 0 spiro atoms. The molecule has 0 saturated carbocycles. The van der Waals surface area contributed by atoms with Crippen molar-refractivity contribution in [1.82, 2.24) is 0 Å². The molecule has 0 aliphatic carbocycles. The van der Waals surface area contributed by atoms with Crippen molar-refractivity contribution in [1.29, 1.82) is 0 Å². The van der Waals surface area contributed by atoms with E-state index in [1.807, 2.05) is 6.92 Å². The van der Waals surface area contributed by atoms with Gasteiger partial charge >= 0.3 is 0 Å². The lowest BCUT2D eigenvalue weighted by Crippen LogP contribution is -2.15. The van der Waals surface area contributed by atoms with Crippen LogP contribution in [0.3, 0.4) is 0 Å². The number of hydrogen-bond acceptors (Lipinski definition) is 2. The minimum atomic E-state index is 0.197. The van der Waals surface area contributed by atoms with E-state index in [9.17, 15) is 0 Å². The Morgan fingerprint density at radius 2 is 1.55 bits per heavy atom. The van der Waals surface area contributed by atoms with Crippen molar-refractivity contribution in [2.75, 3.05) is 19.8 Å². The maximum absolute atomic E-state index is 8.95. The maximum Gasteiger partial charge on any atom is 0.0513 e. The summed E-state index contributed by atoms with van der Waals surface area (Å²) in [5.41, 5.74) is 2.96. The summed E-state index contributed by atoms with van der Waals surface area (Å²) in [6.07, 6.45) is 1.04. The molecule has 2 nitrogen and oxygen atoms in total. The fourth-order valence-corrected chi connectivity index (χ4v) is 2.13. The largest absolute Gasteiger partial charge is 0.396 e. The van der Waals surface area contributed by atoms with Gasteiger partial charge in [-0.05, 0) is 28.9 Å². The number of aliphatic hydroxyl groups excluding tert-OH is 1. The average molecular weight is 278 g/mol. The van der Waals surface area contributed by atoms with E-state index in [-0.39, 0.29) is 17.9 Å². The highest BCUT2D eigenvalue weighted by atomic mass is 16.5. The second-order valence-corrected chi connectivity index (χ2v) is 7.08. The highest BCUT2D eigenvalue weighted by molar-refractivity contribution is 5.27. The highest BCUT2D eigenvalue weighted by Gasteiger charge is 2.13. The summed E-state index contributed by atoms with van der Waals surface area (Å²) in [4.78, 5) is 0. The van der Waals surface area contributed by atoms with Gasteiger partial charge in [0.1, 0.15) is 0 Å². The lowest BCUT2D eigenvalue weighted by atomic mass is 9.86. The minimum absolute atomic E-state index is 0.197. The molecule has 0 aromatic heterocycles. The monoisotopic (exact) mass is 278 g/mol. The third-order valence-corrected chi connectivity index (χ3v) is 3.52. The molecule has 1 rings (SSSR count). The van der Waals surface area contributed by atoms with Crippen LogP contribution in [0.1, 0.15) is 45.7 Å². The SMILES string of the molecule is CC(CO)COCC(C)Cc1ccc(C(C)(C)C)cc1. The van der Waals surface area contributed by atoms with Crippen LogP contribution < -0.4 is 0 Å². The van der Waals surface area contributed by atoms with E-state index in [1.165, 1.54) is 11.1 Å². The van der Waals surface area contributed by atoms with Crippen LogP contribution in [-0.4, -0.2) is 24.9 Å². The summed E-state index contributed by atoms with van der Waals surface area (Å²) in [6.45, 7) is 12.5. The van der Waals surface area contributed by atoms with Crippen molar-refractivity contribution in [2.45, 2.75) is 46.5 Å². The molecular weight excluding hydrogens is 248 g/mol. The highest BCUT2D eigenvalue weighted by Crippen LogP contribution is 2.22. The molecule has 2 unspecified atom stereocenters. The molecule has 2 atom stereocenters. The van der Waals surface area contributed by atoms with E-state index in [0.717, 1.165) is 13.0 Å². The molecule has 0 bridgehead atoms. The Bertz CT molecular complexity index is 375. The van der Waals surface area contributed by atoms with Gasteiger partial charge in [0.15, 0.2) is 0 Å². The summed E-state index contributed by atoms with van der Waals surface area (Å²) < 4.78 is 5.64. The Kier molecular flexibility index (Phi) is 6.70. The Hall–Kier alpha value is -0.860. The molecule has 20 heavy (non-hydrogen) atoms. The van der Waals surface area contributed by atoms with E-state index >= 15 is 0 Å². The van der Waals surface area contributed by atoms with Gasteiger partial charge in [-0.3, -0.25) is 0 Å². The smallest absolute Gasteiger partial charge is 0.0513 e. The van der Waals surface area contributed by atoms with Crippen molar-refractivity contribution >= 4 is 0 Å². The van der Waals surface area contributed by atoms with Crippen LogP contribution in [0.4, 0.5) is 0 Å². The van der Waals surface area contributed by atoms with Gasteiger partial charge in [0, 0.05) is 19.1 Å². The molecule has 0 amide bonds. The second kappa shape index (κ2) is 7.80. The molecule has 0 aliphatic heterocycles. The van der Waals surface area contributed by atoms with Gasteiger partial charge in [0.2, 0.25) is 0 Å². The van der Waals surface area contributed by atoms with E-state index in [2.05, 4.69) is 52.0 Å². The van der Waals surface area contributed by atoms with Crippen molar-refractivity contribution in [3.8, 4) is 0 Å². The maximum atomic E-state index is 8.95. The number of hydrogen-bond donors (Lipinski definition) is 1. The first-order valence-electron chi connectivity index (χ1n) is 7.61. The molecule has 1 aromatic rings. The predicted octanol–water partition coefficient (Wildman–Crippen LogP) is 3.81. The zero-order valence-corrected chi connectivity index (χ0v) is 13.6. The normalized spacial score (nSPS) is 15.1. The summed E-state index contributed by atoms with van der Waals surface area (Å²) in [6, 6.07) is 8.92.